The molecule has 0 aromatic heterocycles. The van der Waals surface area contributed by atoms with Crippen LogP contribution >= 0.6 is 11.6 Å². The number of hydrogen-bond donors (Lipinski definition) is 1. The molecular formula is C13H17ClN2O. The quantitative estimate of drug-likeness (QED) is 0.898. The van der Waals surface area contributed by atoms with E-state index in [0.717, 1.165) is 18.5 Å². The molecule has 1 aromatic rings. The summed E-state index contributed by atoms with van der Waals surface area (Å²) in [7, 11) is 0. The molecule has 0 spiro atoms. The van der Waals surface area contributed by atoms with E-state index in [2.05, 4.69) is 6.92 Å². The molecule has 0 saturated carbocycles. The summed E-state index contributed by atoms with van der Waals surface area (Å²) in [4.78, 5) is 13.7. The molecule has 92 valence electrons. The van der Waals surface area contributed by atoms with E-state index < -0.39 is 0 Å². The molecule has 1 aliphatic rings. The van der Waals surface area contributed by atoms with Crippen molar-refractivity contribution < 1.29 is 4.79 Å². The zero-order valence-electron chi connectivity index (χ0n) is 9.90. The Hall–Kier alpha value is -1.06. The molecule has 0 radical (unpaired) electrons. The smallest absolute Gasteiger partial charge is 0.224 e. The Bertz CT molecular complexity index is 422. The number of carbonyl (C=O) groups excluding carboxylic acids is 1. The Morgan fingerprint density at radius 1 is 1.53 bits per heavy atom. The number of amides is 1. The first-order valence-corrected chi connectivity index (χ1v) is 6.31. The van der Waals surface area contributed by atoms with Crippen LogP contribution in [0.15, 0.2) is 24.3 Å². The predicted molar refractivity (Wildman–Crippen MR) is 68.8 cm³/mol. The van der Waals surface area contributed by atoms with Crippen LogP contribution in [0.25, 0.3) is 0 Å². The minimum atomic E-state index is -0.132. The molecule has 1 aromatic carbocycles. The topological polar surface area (TPSA) is 46.3 Å². The fourth-order valence-electron chi connectivity index (χ4n) is 2.44. The van der Waals surface area contributed by atoms with Crippen LogP contribution in [0.2, 0.25) is 5.02 Å². The fraction of sp³-hybridized carbons (Fsp3) is 0.462. The van der Waals surface area contributed by atoms with Crippen molar-refractivity contribution in [3.05, 3.63) is 34.9 Å². The maximum atomic E-state index is 11.9. The van der Waals surface area contributed by atoms with E-state index in [4.69, 9.17) is 17.3 Å². The highest BCUT2D eigenvalue weighted by Gasteiger charge is 2.37. The minimum Gasteiger partial charge on any atom is -0.334 e. The number of likely N-dealkylation sites (tertiary alicyclic amines) is 1. The van der Waals surface area contributed by atoms with E-state index in [-0.39, 0.29) is 18.0 Å². The summed E-state index contributed by atoms with van der Waals surface area (Å²) in [6.07, 6.45) is 1.37. The van der Waals surface area contributed by atoms with E-state index in [0.29, 0.717) is 11.4 Å². The molecule has 1 heterocycles. The van der Waals surface area contributed by atoms with Gasteiger partial charge in [0.25, 0.3) is 0 Å². The van der Waals surface area contributed by atoms with Crippen molar-refractivity contribution in [1.29, 1.82) is 0 Å². The van der Waals surface area contributed by atoms with Gasteiger partial charge in [-0.25, -0.2) is 0 Å². The zero-order chi connectivity index (χ0) is 12.4. The summed E-state index contributed by atoms with van der Waals surface area (Å²) in [5.74, 6) is 0.143. The SMILES string of the molecule is CCCN1C(=O)CC(N)C1c1cccc(Cl)c1. The zero-order valence-corrected chi connectivity index (χ0v) is 10.7. The molecule has 3 nitrogen and oxygen atoms in total. The standard InChI is InChI=1S/C13H17ClN2O/c1-2-6-16-12(17)8-11(15)13(16)9-4-3-5-10(14)7-9/h3-5,7,11,13H,2,6,8,15H2,1H3. The second-order valence-corrected chi connectivity index (χ2v) is 4.89. The molecule has 17 heavy (non-hydrogen) atoms. The average Bonchev–Trinajstić information content (AvgIpc) is 2.54. The number of hydrogen-bond acceptors (Lipinski definition) is 2. The Morgan fingerprint density at radius 3 is 2.94 bits per heavy atom. The second-order valence-electron chi connectivity index (χ2n) is 4.45. The van der Waals surface area contributed by atoms with Gasteiger partial charge < -0.3 is 10.6 Å². The Balaban J connectivity index is 2.31. The van der Waals surface area contributed by atoms with Gasteiger partial charge in [0, 0.05) is 24.0 Å². The van der Waals surface area contributed by atoms with Crippen molar-refractivity contribution in [2.45, 2.75) is 31.8 Å². The lowest BCUT2D eigenvalue weighted by molar-refractivity contribution is -0.129. The maximum absolute atomic E-state index is 11.9. The third-order valence-electron chi connectivity index (χ3n) is 3.13. The van der Waals surface area contributed by atoms with Gasteiger partial charge in [0.05, 0.1) is 6.04 Å². The second kappa shape index (κ2) is 5.07. The summed E-state index contributed by atoms with van der Waals surface area (Å²) in [6.45, 7) is 2.82. The number of nitrogens with zero attached hydrogens (tertiary/aromatic N) is 1. The molecule has 2 unspecified atom stereocenters. The lowest BCUT2D eigenvalue weighted by atomic mass is 10.0. The van der Waals surface area contributed by atoms with E-state index in [1.165, 1.54) is 0 Å². The predicted octanol–water partition coefficient (Wildman–Crippen LogP) is 2.35. The highest BCUT2D eigenvalue weighted by atomic mass is 35.5. The highest BCUT2D eigenvalue weighted by Crippen LogP contribution is 2.33. The maximum Gasteiger partial charge on any atom is 0.224 e. The third-order valence-corrected chi connectivity index (χ3v) is 3.36. The molecule has 2 N–H and O–H groups in total. The summed E-state index contributed by atoms with van der Waals surface area (Å²) in [6, 6.07) is 7.45. The summed E-state index contributed by atoms with van der Waals surface area (Å²) < 4.78 is 0. The van der Waals surface area contributed by atoms with Crippen LogP contribution in [-0.4, -0.2) is 23.4 Å². The van der Waals surface area contributed by atoms with Crippen LogP contribution in [0.1, 0.15) is 31.4 Å². The Kier molecular flexibility index (Phi) is 3.69. The molecule has 2 atom stereocenters. The molecule has 0 bridgehead atoms. The lowest BCUT2D eigenvalue weighted by Crippen LogP contribution is -2.33. The van der Waals surface area contributed by atoms with Gasteiger partial charge in [-0.15, -0.1) is 0 Å². The molecule has 1 saturated heterocycles. The van der Waals surface area contributed by atoms with Crippen LogP contribution in [0.4, 0.5) is 0 Å². The molecule has 0 aliphatic carbocycles. The number of rotatable bonds is 3. The van der Waals surface area contributed by atoms with Crippen LogP contribution in [0.5, 0.6) is 0 Å². The fourth-order valence-corrected chi connectivity index (χ4v) is 2.64. The van der Waals surface area contributed by atoms with Gasteiger partial charge in [-0.1, -0.05) is 30.7 Å². The first-order valence-electron chi connectivity index (χ1n) is 5.94. The van der Waals surface area contributed by atoms with E-state index in [1.807, 2.05) is 29.2 Å². The summed E-state index contributed by atoms with van der Waals surface area (Å²) in [5.41, 5.74) is 7.10. The third kappa shape index (κ3) is 2.45. The summed E-state index contributed by atoms with van der Waals surface area (Å²) >= 11 is 5.99. The van der Waals surface area contributed by atoms with Crippen molar-refractivity contribution >= 4 is 17.5 Å². The largest absolute Gasteiger partial charge is 0.334 e. The van der Waals surface area contributed by atoms with Gasteiger partial charge >= 0.3 is 0 Å². The Morgan fingerprint density at radius 2 is 2.29 bits per heavy atom. The molecule has 1 aliphatic heterocycles. The van der Waals surface area contributed by atoms with Crippen molar-refractivity contribution in [3.63, 3.8) is 0 Å². The molecule has 2 rings (SSSR count). The number of benzene rings is 1. The minimum absolute atomic E-state index is 0.0267. The van der Waals surface area contributed by atoms with Gasteiger partial charge in [0.1, 0.15) is 0 Å². The molecule has 1 amide bonds. The van der Waals surface area contributed by atoms with Gasteiger partial charge in [-0.3, -0.25) is 4.79 Å². The van der Waals surface area contributed by atoms with Gasteiger partial charge in [0.2, 0.25) is 5.91 Å². The van der Waals surface area contributed by atoms with Gasteiger partial charge in [-0.05, 0) is 24.1 Å². The van der Waals surface area contributed by atoms with Crippen molar-refractivity contribution in [1.82, 2.24) is 4.90 Å². The van der Waals surface area contributed by atoms with Gasteiger partial charge in [-0.2, -0.15) is 0 Å². The van der Waals surface area contributed by atoms with E-state index in [1.54, 1.807) is 0 Å². The van der Waals surface area contributed by atoms with Crippen LogP contribution < -0.4 is 5.73 Å². The average molecular weight is 253 g/mol. The van der Waals surface area contributed by atoms with Gasteiger partial charge in [0.15, 0.2) is 0 Å². The van der Waals surface area contributed by atoms with Crippen LogP contribution in [0.3, 0.4) is 0 Å². The number of halogens is 1. The number of carbonyl (C=O) groups is 1. The normalized spacial score (nSPS) is 24.4. The van der Waals surface area contributed by atoms with E-state index >= 15 is 0 Å². The lowest BCUT2D eigenvalue weighted by Gasteiger charge is -2.27. The molecule has 4 heteroatoms. The highest BCUT2D eigenvalue weighted by molar-refractivity contribution is 6.30. The number of nitrogens with two attached hydrogens (primary N) is 1. The van der Waals surface area contributed by atoms with Crippen LogP contribution in [-0.2, 0) is 4.79 Å². The molecular weight excluding hydrogens is 236 g/mol. The van der Waals surface area contributed by atoms with Crippen molar-refractivity contribution in [2.75, 3.05) is 6.54 Å². The summed E-state index contributed by atoms with van der Waals surface area (Å²) in [5, 5.41) is 0.686. The van der Waals surface area contributed by atoms with E-state index in [9.17, 15) is 4.79 Å². The first-order chi connectivity index (χ1) is 8.13. The first kappa shape index (κ1) is 12.4. The Labute approximate surface area is 107 Å². The van der Waals surface area contributed by atoms with Crippen LogP contribution in [0, 0.1) is 0 Å². The monoisotopic (exact) mass is 252 g/mol. The van der Waals surface area contributed by atoms with Crippen molar-refractivity contribution in [3.8, 4) is 0 Å². The molecule has 1 fully saturated rings. The van der Waals surface area contributed by atoms with Crippen molar-refractivity contribution in [2.24, 2.45) is 5.73 Å².